The van der Waals surface area contributed by atoms with E-state index < -0.39 is 0 Å². The first-order valence-electron chi connectivity index (χ1n) is 6.42. The summed E-state index contributed by atoms with van der Waals surface area (Å²) in [5, 5.41) is 4.10. The van der Waals surface area contributed by atoms with Crippen LogP contribution < -0.4 is 0 Å². The van der Waals surface area contributed by atoms with Crippen molar-refractivity contribution in [2.24, 2.45) is 7.05 Å². The van der Waals surface area contributed by atoms with Crippen molar-refractivity contribution in [3.63, 3.8) is 0 Å². The molecule has 5 nitrogen and oxygen atoms in total. The summed E-state index contributed by atoms with van der Waals surface area (Å²) in [5.74, 6) is 1.09. The zero-order chi connectivity index (χ0) is 12.3. The SMILES string of the molecule is CC(CCc1ncnn1C)N1CCN(C)CC1. The first-order valence-corrected chi connectivity index (χ1v) is 6.42. The molecule has 1 aromatic rings. The summed E-state index contributed by atoms with van der Waals surface area (Å²) >= 11 is 0. The molecule has 1 aliphatic rings. The molecule has 0 aromatic carbocycles. The van der Waals surface area contributed by atoms with E-state index in [-0.39, 0.29) is 0 Å². The Labute approximate surface area is 103 Å². The second kappa shape index (κ2) is 5.60. The Kier molecular flexibility index (Phi) is 4.12. The van der Waals surface area contributed by atoms with E-state index in [1.54, 1.807) is 6.33 Å². The van der Waals surface area contributed by atoms with Crippen LogP contribution in [0.3, 0.4) is 0 Å². The molecule has 17 heavy (non-hydrogen) atoms. The quantitative estimate of drug-likeness (QED) is 0.759. The van der Waals surface area contributed by atoms with Gasteiger partial charge >= 0.3 is 0 Å². The van der Waals surface area contributed by atoms with Crippen LogP contribution in [-0.2, 0) is 13.5 Å². The Morgan fingerprint density at radius 3 is 2.53 bits per heavy atom. The molecule has 2 rings (SSSR count). The summed E-state index contributed by atoms with van der Waals surface area (Å²) in [7, 11) is 4.16. The maximum atomic E-state index is 4.27. The summed E-state index contributed by atoms with van der Waals surface area (Å²) in [4.78, 5) is 9.24. The molecule has 0 amide bonds. The van der Waals surface area contributed by atoms with Crippen molar-refractivity contribution >= 4 is 0 Å². The van der Waals surface area contributed by atoms with Crippen molar-refractivity contribution in [2.45, 2.75) is 25.8 Å². The van der Waals surface area contributed by atoms with Gasteiger partial charge in [-0.25, -0.2) is 4.98 Å². The third-order valence-electron chi connectivity index (χ3n) is 3.75. The Hall–Kier alpha value is -0.940. The second-order valence-electron chi connectivity index (χ2n) is 5.03. The molecule has 1 aliphatic heterocycles. The first-order chi connectivity index (χ1) is 8.16. The molecule has 1 aromatic heterocycles. The van der Waals surface area contributed by atoms with Crippen LogP contribution in [0, 0.1) is 0 Å². The molecule has 0 aliphatic carbocycles. The van der Waals surface area contributed by atoms with Gasteiger partial charge in [-0.2, -0.15) is 5.10 Å². The summed E-state index contributed by atoms with van der Waals surface area (Å²) in [6.45, 7) is 7.08. The lowest BCUT2D eigenvalue weighted by atomic mass is 10.1. The van der Waals surface area contributed by atoms with Gasteiger partial charge in [-0.3, -0.25) is 9.58 Å². The number of hydrogen-bond donors (Lipinski definition) is 0. The van der Waals surface area contributed by atoms with Crippen LogP contribution in [-0.4, -0.2) is 63.8 Å². The fourth-order valence-corrected chi connectivity index (χ4v) is 2.33. The smallest absolute Gasteiger partial charge is 0.138 e. The number of nitrogens with zero attached hydrogens (tertiary/aromatic N) is 5. The van der Waals surface area contributed by atoms with Crippen LogP contribution >= 0.6 is 0 Å². The lowest BCUT2D eigenvalue weighted by molar-refractivity contribution is 0.114. The van der Waals surface area contributed by atoms with E-state index in [9.17, 15) is 0 Å². The van der Waals surface area contributed by atoms with Gasteiger partial charge in [-0.1, -0.05) is 0 Å². The molecule has 0 bridgehead atoms. The molecule has 2 heterocycles. The Morgan fingerprint density at radius 1 is 1.24 bits per heavy atom. The van der Waals surface area contributed by atoms with Crippen LogP contribution in [0.5, 0.6) is 0 Å². The number of aromatic nitrogens is 3. The van der Waals surface area contributed by atoms with Gasteiger partial charge in [-0.15, -0.1) is 0 Å². The molecule has 96 valence electrons. The number of aryl methyl sites for hydroxylation is 2. The first kappa shape index (κ1) is 12.5. The van der Waals surface area contributed by atoms with Crippen molar-refractivity contribution in [1.82, 2.24) is 24.6 Å². The van der Waals surface area contributed by atoms with Gasteiger partial charge < -0.3 is 4.90 Å². The number of rotatable bonds is 4. The van der Waals surface area contributed by atoms with Crippen LogP contribution in [0.2, 0.25) is 0 Å². The molecule has 0 saturated carbocycles. The molecule has 1 saturated heterocycles. The normalized spacial score (nSPS) is 20.6. The Balaban J connectivity index is 1.77. The van der Waals surface area contributed by atoms with Gasteiger partial charge in [0, 0.05) is 45.7 Å². The van der Waals surface area contributed by atoms with Gasteiger partial charge in [-0.05, 0) is 20.4 Å². The third kappa shape index (κ3) is 3.26. The van der Waals surface area contributed by atoms with Crippen molar-refractivity contribution in [2.75, 3.05) is 33.2 Å². The predicted molar refractivity (Wildman–Crippen MR) is 67.9 cm³/mol. The van der Waals surface area contributed by atoms with Crippen molar-refractivity contribution < 1.29 is 0 Å². The highest BCUT2D eigenvalue weighted by Gasteiger charge is 2.19. The van der Waals surface area contributed by atoms with Crippen LogP contribution in [0.1, 0.15) is 19.2 Å². The fourth-order valence-electron chi connectivity index (χ4n) is 2.33. The number of hydrogen-bond acceptors (Lipinski definition) is 4. The number of piperazine rings is 1. The molecule has 0 N–H and O–H groups in total. The largest absolute Gasteiger partial charge is 0.304 e. The molecular weight excluding hydrogens is 214 g/mol. The summed E-state index contributed by atoms with van der Waals surface area (Å²) in [6.07, 6.45) is 3.82. The highest BCUT2D eigenvalue weighted by Crippen LogP contribution is 2.10. The molecular formula is C12H23N5. The van der Waals surface area contributed by atoms with Gasteiger partial charge in [0.05, 0.1) is 0 Å². The standard InChI is InChI=1S/C12H23N5/c1-11(17-8-6-15(2)7-9-17)4-5-12-13-10-14-16(12)3/h10-11H,4-9H2,1-3H3. The average Bonchev–Trinajstić information content (AvgIpc) is 2.73. The van der Waals surface area contributed by atoms with E-state index in [0.29, 0.717) is 6.04 Å². The minimum Gasteiger partial charge on any atom is -0.304 e. The second-order valence-corrected chi connectivity index (χ2v) is 5.03. The summed E-state index contributed by atoms with van der Waals surface area (Å²) < 4.78 is 1.87. The van der Waals surface area contributed by atoms with Crippen LogP contribution in [0.4, 0.5) is 0 Å². The zero-order valence-electron chi connectivity index (χ0n) is 11.1. The van der Waals surface area contributed by atoms with E-state index in [0.717, 1.165) is 18.7 Å². The molecule has 5 heteroatoms. The monoisotopic (exact) mass is 237 g/mol. The maximum absolute atomic E-state index is 4.27. The minimum absolute atomic E-state index is 0.639. The third-order valence-corrected chi connectivity index (χ3v) is 3.75. The van der Waals surface area contributed by atoms with E-state index in [4.69, 9.17) is 0 Å². The van der Waals surface area contributed by atoms with Gasteiger partial charge in [0.25, 0.3) is 0 Å². The molecule has 0 spiro atoms. The van der Waals surface area contributed by atoms with Crippen molar-refractivity contribution in [1.29, 1.82) is 0 Å². The zero-order valence-corrected chi connectivity index (χ0v) is 11.1. The van der Waals surface area contributed by atoms with Gasteiger partial charge in [0.2, 0.25) is 0 Å². The lowest BCUT2D eigenvalue weighted by Gasteiger charge is -2.36. The predicted octanol–water partition coefficient (Wildman–Crippen LogP) is 0.384. The van der Waals surface area contributed by atoms with Crippen LogP contribution in [0.15, 0.2) is 6.33 Å². The molecule has 0 radical (unpaired) electrons. The summed E-state index contributed by atoms with van der Waals surface area (Å²) in [6, 6.07) is 0.639. The van der Waals surface area contributed by atoms with E-state index in [1.807, 2.05) is 11.7 Å². The average molecular weight is 237 g/mol. The van der Waals surface area contributed by atoms with Gasteiger partial charge in [0.15, 0.2) is 0 Å². The fraction of sp³-hybridized carbons (Fsp3) is 0.833. The van der Waals surface area contributed by atoms with E-state index in [2.05, 4.69) is 33.9 Å². The minimum atomic E-state index is 0.639. The van der Waals surface area contributed by atoms with Crippen LogP contribution in [0.25, 0.3) is 0 Å². The Bertz CT molecular complexity index is 340. The molecule has 1 fully saturated rings. The van der Waals surface area contributed by atoms with E-state index >= 15 is 0 Å². The molecule has 1 unspecified atom stereocenters. The highest BCUT2D eigenvalue weighted by atomic mass is 15.3. The summed E-state index contributed by atoms with van der Waals surface area (Å²) in [5.41, 5.74) is 0. The lowest BCUT2D eigenvalue weighted by Crippen LogP contribution is -2.48. The Morgan fingerprint density at radius 2 is 1.94 bits per heavy atom. The highest BCUT2D eigenvalue weighted by molar-refractivity contribution is 4.85. The van der Waals surface area contributed by atoms with Crippen molar-refractivity contribution in [3.8, 4) is 0 Å². The van der Waals surface area contributed by atoms with E-state index in [1.165, 1.54) is 26.2 Å². The molecule has 1 atom stereocenters. The van der Waals surface area contributed by atoms with Gasteiger partial charge in [0.1, 0.15) is 12.2 Å². The topological polar surface area (TPSA) is 37.2 Å². The number of likely N-dealkylation sites (N-methyl/N-ethyl adjacent to an activating group) is 1. The van der Waals surface area contributed by atoms with Crippen molar-refractivity contribution in [3.05, 3.63) is 12.2 Å². The maximum Gasteiger partial charge on any atom is 0.138 e.